The maximum absolute atomic E-state index is 13.1. The molecule has 0 bridgehead atoms. The topological polar surface area (TPSA) is 62.3 Å². The number of fused-ring (bicyclic) bond motifs is 1. The Morgan fingerprint density at radius 1 is 0.970 bits per heavy atom. The number of carbonyl (C=O) groups excluding carboxylic acids is 2. The Hall–Kier alpha value is -3.13. The molecule has 0 radical (unpaired) electrons. The third kappa shape index (κ3) is 4.95. The van der Waals surface area contributed by atoms with E-state index in [9.17, 15) is 14.0 Å². The molecule has 2 fully saturated rings. The molecule has 0 aromatic heterocycles. The molecule has 7 nitrogen and oxygen atoms in total. The van der Waals surface area contributed by atoms with Crippen molar-refractivity contribution < 1.29 is 23.5 Å². The molecule has 0 saturated carbocycles. The highest BCUT2D eigenvalue weighted by Gasteiger charge is 2.37. The minimum Gasteiger partial charge on any atom is -0.454 e. The van der Waals surface area contributed by atoms with Crippen molar-refractivity contribution in [2.24, 2.45) is 5.92 Å². The van der Waals surface area contributed by atoms with E-state index in [0.29, 0.717) is 32.6 Å². The fourth-order valence-electron chi connectivity index (χ4n) is 4.75. The van der Waals surface area contributed by atoms with Crippen LogP contribution in [0.25, 0.3) is 0 Å². The van der Waals surface area contributed by atoms with Crippen LogP contribution in [-0.2, 0) is 22.6 Å². The van der Waals surface area contributed by atoms with Gasteiger partial charge in [-0.3, -0.25) is 14.5 Å². The Morgan fingerprint density at radius 2 is 1.70 bits per heavy atom. The summed E-state index contributed by atoms with van der Waals surface area (Å²) < 4.78 is 23.9. The lowest BCUT2D eigenvalue weighted by molar-refractivity contribution is -0.137. The minimum absolute atomic E-state index is 0.0249. The van der Waals surface area contributed by atoms with Crippen molar-refractivity contribution in [3.8, 4) is 11.5 Å². The van der Waals surface area contributed by atoms with E-state index in [4.69, 9.17) is 9.47 Å². The van der Waals surface area contributed by atoms with Gasteiger partial charge >= 0.3 is 0 Å². The first kappa shape index (κ1) is 21.7. The van der Waals surface area contributed by atoms with Crippen molar-refractivity contribution in [1.82, 2.24) is 14.7 Å². The van der Waals surface area contributed by atoms with Gasteiger partial charge in [0.25, 0.3) is 0 Å². The largest absolute Gasteiger partial charge is 0.454 e. The first-order chi connectivity index (χ1) is 16.0. The fraction of sp³-hybridized carbons (Fsp3) is 0.440. The summed E-state index contributed by atoms with van der Waals surface area (Å²) >= 11 is 0. The number of hydrogen-bond acceptors (Lipinski definition) is 5. The second kappa shape index (κ2) is 9.39. The summed E-state index contributed by atoms with van der Waals surface area (Å²) in [5, 5.41) is 0. The summed E-state index contributed by atoms with van der Waals surface area (Å²) in [5.41, 5.74) is 2.15. The quantitative estimate of drug-likeness (QED) is 0.672. The van der Waals surface area contributed by atoms with Crippen LogP contribution >= 0.6 is 0 Å². The Kier molecular flexibility index (Phi) is 6.17. The maximum atomic E-state index is 13.1. The Balaban J connectivity index is 1.09. The number of halogens is 1. The third-order valence-corrected chi connectivity index (χ3v) is 6.67. The number of rotatable bonds is 6. The number of amides is 2. The molecule has 2 aromatic rings. The van der Waals surface area contributed by atoms with Gasteiger partial charge in [-0.1, -0.05) is 18.2 Å². The molecule has 2 amide bonds. The van der Waals surface area contributed by atoms with Crippen LogP contribution in [0.1, 0.15) is 17.5 Å². The summed E-state index contributed by atoms with van der Waals surface area (Å²) in [6, 6.07) is 12.3. The Morgan fingerprint density at radius 3 is 2.48 bits per heavy atom. The smallest absolute Gasteiger partial charge is 0.231 e. The van der Waals surface area contributed by atoms with Crippen molar-refractivity contribution in [3.63, 3.8) is 0 Å². The summed E-state index contributed by atoms with van der Waals surface area (Å²) in [5.74, 6) is 1.14. The van der Waals surface area contributed by atoms with Crippen LogP contribution in [0.15, 0.2) is 42.5 Å². The van der Waals surface area contributed by atoms with Crippen molar-refractivity contribution in [2.45, 2.75) is 19.4 Å². The van der Waals surface area contributed by atoms with E-state index in [1.807, 2.05) is 17.0 Å². The van der Waals surface area contributed by atoms with E-state index in [1.165, 1.54) is 12.1 Å². The van der Waals surface area contributed by atoms with Crippen molar-refractivity contribution >= 4 is 11.8 Å². The minimum atomic E-state index is -0.272. The van der Waals surface area contributed by atoms with Gasteiger partial charge in [-0.05, 0) is 41.8 Å². The van der Waals surface area contributed by atoms with E-state index in [0.717, 1.165) is 42.3 Å². The van der Waals surface area contributed by atoms with E-state index in [2.05, 4.69) is 11.0 Å². The van der Waals surface area contributed by atoms with Crippen LogP contribution in [0.4, 0.5) is 4.39 Å². The molecule has 0 spiro atoms. The van der Waals surface area contributed by atoms with Gasteiger partial charge in [0.1, 0.15) is 5.82 Å². The second-order valence-electron chi connectivity index (χ2n) is 8.91. The Labute approximate surface area is 192 Å². The third-order valence-electron chi connectivity index (χ3n) is 6.67. The number of ether oxygens (including phenoxy) is 2. The average molecular weight is 454 g/mol. The predicted octanol–water partition coefficient (Wildman–Crippen LogP) is 2.29. The fourth-order valence-corrected chi connectivity index (χ4v) is 4.75. The van der Waals surface area contributed by atoms with Gasteiger partial charge in [0.2, 0.25) is 18.6 Å². The summed E-state index contributed by atoms with van der Waals surface area (Å²) in [7, 11) is 0. The number of benzene rings is 2. The van der Waals surface area contributed by atoms with Crippen LogP contribution in [0.5, 0.6) is 11.5 Å². The van der Waals surface area contributed by atoms with Crippen molar-refractivity contribution in [2.75, 3.05) is 46.1 Å². The van der Waals surface area contributed by atoms with Gasteiger partial charge in [0.05, 0.1) is 5.92 Å². The summed E-state index contributed by atoms with van der Waals surface area (Å²) in [6.45, 7) is 5.04. The lowest BCUT2D eigenvalue weighted by Crippen LogP contribution is -2.50. The highest BCUT2D eigenvalue weighted by Crippen LogP contribution is 2.33. The zero-order chi connectivity index (χ0) is 22.8. The van der Waals surface area contributed by atoms with Gasteiger partial charge in [-0.2, -0.15) is 0 Å². The number of likely N-dealkylation sites (tertiary alicyclic amines) is 1. The van der Waals surface area contributed by atoms with Crippen LogP contribution in [0.3, 0.4) is 0 Å². The normalized spacial score (nSPS) is 20.5. The van der Waals surface area contributed by atoms with Gasteiger partial charge in [-0.15, -0.1) is 0 Å². The molecule has 3 aliphatic rings. The molecule has 3 aliphatic heterocycles. The first-order valence-corrected chi connectivity index (χ1v) is 11.5. The lowest BCUT2D eigenvalue weighted by Gasteiger charge is -2.36. The molecule has 2 aromatic carbocycles. The zero-order valence-electron chi connectivity index (χ0n) is 18.5. The molecule has 8 heteroatoms. The van der Waals surface area contributed by atoms with E-state index in [1.54, 1.807) is 17.0 Å². The number of nitrogens with zero attached hydrogens (tertiary/aromatic N) is 3. The van der Waals surface area contributed by atoms with Crippen LogP contribution in [-0.4, -0.2) is 72.6 Å². The van der Waals surface area contributed by atoms with Gasteiger partial charge in [0.15, 0.2) is 11.5 Å². The monoisotopic (exact) mass is 453 g/mol. The van der Waals surface area contributed by atoms with Gasteiger partial charge in [-0.25, -0.2) is 4.39 Å². The molecule has 2 saturated heterocycles. The Bertz CT molecular complexity index is 1020. The van der Waals surface area contributed by atoms with E-state index in [-0.39, 0.29) is 36.8 Å². The SMILES string of the molecule is O=C1C[C@@H](C(=O)N2CCN(Cc3ccc4c(c3)OCO4)CC2)CN1CCc1ccc(F)cc1. The second-order valence-corrected chi connectivity index (χ2v) is 8.91. The molecular formula is C25H28FN3O4. The molecule has 0 unspecified atom stereocenters. The standard InChI is InChI=1S/C25H28FN3O4/c26-21-4-1-18(2-5-21)7-8-29-16-20(14-24(29)30)25(31)28-11-9-27(10-12-28)15-19-3-6-22-23(13-19)33-17-32-22/h1-6,13,20H,7-12,14-17H2/t20-/m1/s1. The maximum Gasteiger partial charge on any atom is 0.231 e. The van der Waals surface area contributed by atoms with Crippen molar-refractivity contribution in [3.05, 3.63) is 59.4 Å². The molecule has 3 heterocycles. The van der Waals surface area contributed by atoms with Crippen LogP contribution < -0.4 is 9.47 Å². The molecular weight excluding hydrogens is 425 g/mol. The molecule has 0 aliphatic carbocycles. The van der Waals surface area contributed by atoms with E-state index < -0.39 is 0 Å². The van der Waals surface area contributed by atoms with Crippen LogP contribution in [0.2, 0.25) is 0 Å². The lowest BCUT2D eigenvalue weighted by atomic mass is 10.1. The van der Waals surface area contributed by atoms with Gasteiger partial charge < -0.3 is 19.3 Å². The number of hydrogen-bond donors (Lipinski definition) is 0. The first-order valence-electron chi connectivity index (χ1n) is 11.5. The summed E-state index contributed by atoms with van der Waals surface area (Å²) in [6.07, 6.45) is 0.936. The highest BCUT2D eigenvalue weighted by molar-refractivity contribution is 5.89. The van der Waals surface area contributed by atoms with E-state index >= 15 is 0 Å². The zero-order valence-corrected chi connectivity index (χ0v) is 18.5. The number of piperazine rings is 1. The molecule has 33 heavy (non-hydrogen) atoms. The van der Waals surface area contributed by atoms with Crippen molar-refractivity contribution in [1.29, 1.82) is 0 Å². The predicted molar refractivity (Wildman–Crippen MR) is 119 cm³/mol. The molecule has 0 N–H and O–H groups in total. The number of carbonyl (C=O) groups is 2. The summed E-state index contributed by atoms with van der Waals surface area (Å²) in [4.78, 5) is 31.5. The molecule has 1 atom stereocenters. The molecule has 5 rings (SSSR count). The molecule has 174 valence electrons. The van der Waals surface area contributed by atoms with Gasteiger partial charge in [0, 0.05) is 52.2 Å². The highest BCUT2D eigenvalue weighted by atomic mass is 19.1. The average Bonchev–Trinajstić information content (AvgIpc) is 3.45. The van der Waals surface area contributed by atoms with Crippen LogP contribution in [0, 0.1) is 11.7 Å².